The van der Waals surface area contributed by atoms with E-state index in [2.05, 4.69) is 16.4 Å². The molecule has 1 aromatic carbocycles. The second-order valence-electron chi connectivity index (χ2n) is 4.08. The van der Waals surface area contributed by atoms with Crippen LogP contribution < -0.4 is 10.1 Å². The lowest BCUT2D eigenvalue weighted by atomic mass is 10.1. The summed E-state index contributed by atoms with van der Waals surface area (Å²) in [5.74, 6) is 0.218. The molecule has 0 aliphatic carbocycles. The Balaban J connectivity index is 2.05. The second-order valence-corrected chi connectivity index (χ2v) is 4.08. The molecular formula is C15H13N3O2. The molecule has 20 heavy (non-hydrogen) atoms. The Bertz CT molecular complexity index is 628. The Morgan fingerprint density at radius 2 is 2.05 bits per heavy atom. The van der Waals surface area contributed by atoms with Gasteiger partial charge < -0.3 is 10.1 Å². The van der Waals surface area contributed by atoms with Crippen LogP contribution in [-0.2, 0) is 6.42 Å². The van der Waals surface area contributed by atoms with Crippen molar-refractivity contribution < 1.29 is 9.53 Å². The number of rotatable bonds is 4. The smallest absolute Gasteiger partial charge is 0.257 e. The van der Waals surface area contributed by atoms with Gasteiger partial charge >= 0.3 is 0 Å². The first-order valence-corrected chi connectivity index (χ1v) is 6.00. The average Bonchev–Trinajstić information content (AvgIpc) is 2.49. The van der Waals surface area contributed by atoms with E-state index >= 15 is 0 Å². The lowest BCUT2D eigenvalue weighted by molar-refractivity contribution is 0.102. The molecule has 0 radical (unpaired) electrons. The molecule has 0 saturated carbocycles. The summed E-state index contributed by atoms with van der Waals surface area (Å²) in [4.78, 5) is 16.0. The lowest BCUT2D eigenvalue weighted by Crippen LogP contribution is -2.12. The molecule has 2 rings (SSSR count). The van der Waals surface area contributed by atoms with E-state index in [0.29, 0.717) is 23.6 Å². The quantitative estimate of drug-likeness (QED) is 0.923. The highest BCUT2D eigenvalue weighted by Crippen LogP contribution is 2.12. The third kappa shape index (κ3) is 3.33. The predicted molar refractivity (Wildman–Crippen MR) is 74.5 cm³/mol. The molecule has 5 nitrogen and oxygen atoms in total. The van der Waals surface area contributed by atoms with E-state index in [0.717, 1.165) is 5.56 Å². The van der Waals surface area contributed by atoms with Crippen LogP contribution in [0.2, 0.25) is 0 Å². The Morgan fingerprint density at radius 1 is 1.30 bits per heavy atom. The summed E-state index contributed by atoms with van der Waals surface area (Å²) in [6.45, 7) is 0. The van der Waals surface area contributed by atoms with E-state index in [1.807, 2.05) is 12.1 Å². The summed E-state index contributed by atoms with van der Waals surface area (Å²) in [7, 11) is 1.52. The molecule has 0 saturated heterocycles. The van der Waals surface area contributed by atoms with Gasteiger partial charge in [0.15, 0.2) is 0 Å². The molecule has 5 heteroatoms. The second kappa shape index (κ2) is 6.34. The number of aromatic nitrogens is 1. The highest BCUT2D eigenvalue weighted by Gasteiger charge is 2.06. The van der Waals surface area contributed by atoms with Gasteiger partial charge in [-0.2, -0.15) is 5.26 Å². The van der Waals surface area contributed by atoms with Gasteiger partial charge in [-0.15, -0.1) is 0 Å². The van der Waals surface area contributed by atoms with Crippen molar-refractivity contribution in [1.82, 2.24) is 4.98 Å². The Hall–Kier alpha value is -2.87. The third-order valence-corrected chi connectivity index (χ3v) is 2.70. The summed E-state index contributed by atoms with van der Waals surface area (Å²) in [5.41, 5.74) is 2.04. The first kappa shape index (κ1) is 13.6. The SMILES string of the molecule is COc1ccc(C(=O)Nc2ccc(CC#N)cc2)cn1. The van der Waals surface area contributed by atoms with E-state index in [4.69, 9.17) is 10.00 Å². The number of hydrogen-bond donors (Lipinski definition) is 1. The maximum absolute atomic E-state index is 12.0. The lowest BCUT2D eigenvalue weighted by Gasteiger charge is -2.06. The maximum atomic E-state index is 12.0. The number of nitrogens with zero attached hydrogens (tertiary/aromatic N) is 2. The number of hydrogen-bond acceptors (Lipinski definition) is 4. The van der Waals surface area contributed by atoms with Crippen LogP contribution >= 0.6 is 0 Å². The minimum Gasteiger partial charge on any atom is -0.481 e. The summed E-state index contributed by atoms with van der Waals surface area (Å²) in [5, 5.41) is 11.4. The first-order chi connectivity index (χ1) is 9.72. The van der Waals surface area contributed by atoms with Crippen LogP contribution in [0.1, 0.15) is 15.9 Å². The van der Waals surface area contributed by atoms with Gasteiger partial charge in [-0.25, -0.2) is 4.98 Å². The van der Waals surface area contributed by atoms with Crippen molar-refractivity contribution in [1.29, 1.82) is 5.26 Å². The number of nitriles is 1. The van der Waals surface area contributed by atoms with Crippen molar-refractivity contribution in [2.24, 2.45) is 0 Å². The van der Waals surface area contributed by atoms with Crippen molar-refractivity contribution in [3.63, 3.8) is 0 Å². The molecule has 1 aromatic heterocycles. The summed E-state index contributed by atoms with van der Waals surface area (Å²) >= 11 is 0. The van der Waals surface area contributed by atoms with E-state index in [1.54, 1.807) is 24.3 Å². The van der Waals surface area contributed by atoms with Gasteiger partial charge in [0.25, 0.3) is 5.91 Å². The van der Waals surface area contributed by atoms with Crippen molar-refractivity contribution in [2.75, 3.05) is 12.4 Å². The van der Waals surface area contributed by atoms with Gasteiger partial charge in [0.1, 0.15) is 0 Å². The monoisotopic (exact) mass is 267 g/mol. The van der Waals surface area contributed by atoms with Gasteiger partial charge in [-0.3, -0.25) is 4.79 Å². The third-order valence-electron chi connectivity index (χ3n) is 2.70. The molecule has 100 valence electrons. The fourth-order valence-corrected chi connectivity index (χ4v) is 1.64. The highest BCUT2D eigenvalue weighted by molar-refractivity contribution is 6.04. The molecule has 1 amide bonds. The average molecular weight is 267 g/mol. The number of benzene rings is 1. The number of anilines is 1. The number of carbonyl (C=O) groups is 1. The zero-order chi connectivity index (χ0) is 14.4. The topological polar surface area (TPSA) is 75.0 Å². The normalized spacial score (nSPS) is 9.60. The number of ether oxygens (including phenoxy) is 1. The molecule has 0 atom stereocenters. The van der Waals surface area contributed by atoms with Crippen molar-refractivity contribution in [3.05, 3.63) is 53.7 Å². The Labute approximate surface area is 116 Å². The fourth-order valence-electron chi connectivity index (χ4n) is 1.64. The summed E-state index contributed by atoms with van der Waals surface area (Å²) < 4.78 is 4.93. The van der Waals surface area contributed by atoms with Crippen LogP contribution in [0.4, 0.5) is 5.69 Å². The fraction of sp³-hybridized carbons (Fsp3) is 0.133. The molecule has 0 bridgehead atoms. The standard InChI is InChI=1S/C15H13N3O2/c1-20-14-7-4-12(10-17-14)15(19)18-13-5-2-11(3-6-13)8-9-16/h2-7,10H,8H2,1H3,(H,18,19). The van der Waals surface area contributed by atoms with Gasteiger partial charge in [0.05, 0.1) is 25.2 Å². The number of nitrogens with one attached hydrogen (secondary N) is 1. The zero-order valence-corrected chi connectivity index (χ0v) is 11.0. The highest BCUT2D eigenvalue weighted by atomic mass is 16.5. The molecular weight excluding hydrogens is 254 g/mol. The summed E-state index contributed by atoms with van der Waals surface area (Å²) in [6.07, 6.45) is 1.81. The van der Waals surface area contributed by atoms with Crippen LogP contribution in [0.25, 0.3) is 0 Å². The molecule has 0 fully saturated rings. The van der Waals surface area contributed by atoms with Gasteiger partial charge in [0.2, 0.25) is 5.88 Å². The maximum Gasteiger partial charge on any atom is 0.257 e. The summed E-state index contributed by atoms with van der Waals surface area (Å²) in [6, 6.07) is 12.5. The molecule has 0 spiro atoms. The van der Waals surface area contributed by atoms with Crippen LogP contribution in [0.5, 0.6) is 5.88 Å². The number of pyridine rings is 1. The van der Waals surface area contributed by atoms with Gasteiger partial charge in [-0.1, -0.05) is 12.1 Å². The van der Waals surface area contributed by atoms with Crippen molar-refractivity contribution in [3.8, 4) is 11.9 Å². The largest absolute Gasteiger partial charge is 0.481 e. The van der Waals surface area contributed by atoms with Crippen LogP contribution in [0, 0.1) is 11.3 Å². The van der Waals surface area contributed by atoms with Crippen LogP contribution in [0.3, 0.4) is 0 Å². The molecule has 0 unspecified atom stereocenters. The minimum atomic E-state index is -0.242. The Morgan fingerprint density at radius 3 is 2.60 bits per heavy atom. The van der Waals surface area contributed by atoms with Gasteiger partial charge in [0, 0.05) is 18.0 Å². The van der Waals surface area contributed by atoms with Gasteiger partial charge in [-0.05, 0) is 23.8 Å². The first-order valence-electron chi connectivity index (χ1n) is 6.00. The van der Waals surface area contributed by atoms with Crippen molar-refractivity contribution >= 4 is 11.6 Å². The minimum absolute atomic E-state index is 0.242. The Kier molecular flexibility index (Phi) is 4.30. The van der Waals surface area contributed by atoms with Crippen LogP contribution in [-0.4, -0.2) is 18.0 Å². The van der Waals surface area contributed by atoms with E-state index in [9.17, 15) is 4.79 Å². The van der Waals surface area contributed by atoms with Crippen LogP contribution in [0.15, 0.2) is 42.6 Å². The number of methoxy groups -OCH3 is 1. The van der Waals surface area contributed by atoms with E-state index < -0.39 is 0 Å². The molecule has 1 heterocycles. The number of amides is 1. The van der Waals surface area contributed by atoms with E-state index in [-0.39, 0.29) is 5.91 Å². The molecule has 2 aromatic rings. The molecule has 0 aliphatic rings. The molecule has 0 aliphatic heterocycles. The molecule has 1 N–H and O–H groups in total. The predicted octanol–water partition coefficient (Wildman–Crippen LogP) is 2.41. The number of carbonyl (C=O) groups excluding carboxylic acids is 1. The van der Waals surface area contributed by atoms with E-state index in [1.165, 1.54) is 13.3 Å². The zero-order valence-electron chi connectivity index (χ0n) is 11.0. The van der Waals surface area contributed by atoms with Crippen molar-refractivity contribution in [2.45, 2.75) is 6.42 Å².